The lowest BCUT2D eigenvalue weighted by Gasteiger charge is -2.13. The molecule has 0 radical (unpaired) electrons. The van der Waals surface area contributed by atoms with Crippen LogP contribution in [0.3, 0.4) is 0 Å². The van der Waals surface area contributed by atoms with Crippen molar-refractivity contribution in [2.75, 3.05) is 5.33 Å². The fourth-order valence-corrected chi connectivity index (χ4v) is 1.67. The molecule has 0 aliphatic heterocycles. The van der Waals surface area contributed by atoms with Gasteiger partial charge in [0.25, 0.3) is 5.91 Å². The van der Waals surface area contributed by atoms with Gasteiger partial charge in [-0.15, -0.1) is 0 Å². The molecule has 0 heterocycles. The van der Waals surface area contributed by atoms with Crippen LogP contribution in [0.4, 0.5) is 0 Å². The van der Waals surface area contributed by atoms with Crippen molar-refractivity contribution < 1.29 is 4.79 Å². The number of halogens is 1. The predicted octanol–water partition coefficient (Wildman–Crippen LogP) is 2.82. The molecule has 1 N–H and O–H groups in total. The summed E-state index contributed by atoms with van der Waals surface area (Å²) in [6, 6.07) is 6.04. The maximum absolute atomic E-state index is 11.9. The number of carbonyl (C=O) groups excluding carboxylic acids is 1. The van der Waals surface area contributed by atoms with E-state index in [4.69, 9.17) is 0 Å². The van der Waals surface area contributed by atoms with Gasteiger partial charge in [-0.1, -0.05) is 34.1 Å². The average molecular weight is 270 g/mol. The van der Waals surface area contributed by atoms with E-state index < -0.39 is 0 Å². The van der Waals surface area contributed by atoms with E-state index in [-0.39, 0.29) is 11.9 Å². The Labute approximate surface area is 99.2 Å². The van der Waals surface area contributed by atoms with Crippen molar-refractivity contribution in [3.05, 3.63) is 34.9 Å². The lowest BCUT2D eigenvalue weighted by atomic mass is 10.0. The standard InChI is InChI=1S/C12H16BrNO/c1-8-5-4-6-9(2)11(8)12(15)14-10(3)7-13/h4-6,10H,7H2,1-3H3,(H,14,15). The molecule has 0 aromatic heterocycles. The molecule has 3 heteroatoms. The number of hydrogen-bond acceptors (Lipinski definition) is 1. The third kappa shape index (κ3) is 3.06. The molecule has 1 atom stereocenters. The van der Waals surface area contributed by atoms with Crippen LogP contribution < -0.4 is 5.32 Å². The molecule has 1 amide bonds. The monoisotopic (exact) mass is 269 g/mol. The molecule has 0 aliphatic carbocycles. The number of amides is 1. The minimum Gasteiger partial charge on any atom is -0.349 e. The number of rotatable bonds is 3. The third-order valence-electron chi connectivity index (χ3n) is 2.32. The van der Waals surface area contributed by atoms with Gasteiger partial charge in [0.05, 0.1) is 0 Å². The quantitative estimate of drug-likeness (QED) is 0.841. The minimum atomic E-state index is 0.0116. The molecule has 15 heavy (non-hydrogen) atoms. The Balaban J connectivity index is 2.91. The molecule has 1 aromatic rings. The number of alkyl halides is 1. The van der Waals surface area contributed by atoms with Gasteiger partial charge in [-0.2, -0.15) is 0 Å². The first-order valence-electron chi connectivity index (χ1n) is 4.99. The highest BCUT2D eigenvalue weighted by Gasteiger charge is 2.13. The Morgan fingerprint density at radius 3 is 2.40 bits per heavy atom. The van der Waals surface area contributed by atoms with E-state index >= 15 is 0 Å². The highest BCUT2D eigenvalue weighted by molar-refractivity contribution is 9.09. The second-order valence-corrected chi connectivity index (χ2v) is 4.44. The first-order chi connectivity index (χ1) is 7.06. The molecule has 0 fully saturated rings. The average Bonchev–Trinajstić information content (AvgIpc) is 2.17. The van der Waals surface area contributed by atoms with E-state index in [0.717, 1.165) is 22.0 Å². The molecule has 0 bridgehead atoms. The number of hydrogen-bond donors (Lipinski definition) is 1. The Hall–Kier alpha value is -0.830. The summed E-state index contributed by atoms with van der Waals surface area (Å²) in [6.45, 7) is 5.89. The smallest absolute Gasteiger partial charge is 0.252 e. The van der Waals surface area contributed by atoms with Crippen LogP contribution in [0.2, 0.25) is 0 Å². The van der Waals surface area contributed by atoms with Crippen LogP contribution in [0.25, 0.3) is 0 Å². The molecular weight excluding hydrogens is 254 g/mol. The van der Waals surface area contributed by atoms with E-state index in [9.17, 15) is 4.79 Å². The summed E-state index contributed by atoms with van der Waals surface area (Å²) in [7, 11) is 0. The Morgan fingerprint density at radius 2 is 1.93 bits per heavy atom. The molecule has 1 rings (SSSR count). The van der Waals surface area contributed by atoms with Crippen LogP contribution in [0.15, 0.2) is 18.2 Å². The van der Waals surface area contributed by atoms with Crippen molar-refractivity contribution in [3.63, 3.8) is 0 Å². The van der Waals surface area contributed by atoms with Crippen molar-refractivity contribution in [1.82, 2.24) is 5.32 Å². The van der Waals surface area contributed by atoms with Gasteiger partial charge < -0.3 is 5.32 Å². The lowest BCUT2D eigenvalue weighted by Crippen LogP contribution is -2.34. The highest BCUT2D eigenvalue weighted by Crippen LogP contribution is 2.13. The Kier molecular flexibility index (Phi) is 4.33. The largest absolute Gasteiger partial charge is 0.349 e. The van der Waals surface area contributed by atoms with Crippen LogP contribution in [-0.4, -0.2) is 17.3 Å². The fourth-order valence-electron chi connectivity index (χ4n) is 1.51. The second kappa shape index (κ2) is 5.31. The van der Waals surface area contributed by atoms with Gasteiger partial charge in [0.15, 0.2) is 0 Å². The van der Waals surface area contributed by atoms with Gasteiger partial charge in [-0.3, -0.25) is 4.79 Å². The van der Waals surface area contributed by atoms with Crippen molar-refractivity contribution in [3.8, 4) is 0 Å². The summed E-state index contributed by atoms with van der Waals surface area (Å²) in [6.07, 6.45) is 0. The number of benzene rings is 1. The molecule has 1 aromatic carbocycles. The molecular formula is C12H16BrNO. The van der Waals surface area contributed by atoms with Crippen LogP contribution in [0.1, 0.15) is 28.4 Å². The van der Waals surface area contributed by atoms with E-state index in [1.165, 1.54) is 0 Å². The Morgan fingerprint density at radius 1 is 1.40 bits per heavy atom. The van der Waals surface area contributed by atoms with Crippen molar-refractivity contribution in [2.45, 2.75) is 26.8 Å². The molecule has 0 saturated heterocycles. The highest BCUT2D eigenvalue weighted by atomic mass is 79.9. The normalized spacial score (nSPS) is 12.3. The summed E-state index contributed by atoms with van der Waals surface area (Å²) in [5.41, 5.74) is 2.84. The van der Waals surface area contributed by atoms with Crippen LogP contribution >= 0.6 is 15.9 Å². The number of carbonyl (C=O) groups is 1. The van der Waals surface area contributed by atoms with Crippen molar-refractivity contribution in [2.24, 2.45) is 0 Å². The van der Waals surface area contributed by atoms with Crippen LogP contribution in [-0.2, 0) is 0 Å². The zero-order valence-electron chi connectivity index (χ0n) is 9.30. The summed E-state index contributed by atoms with van der Waals surface area (Å²) >= 11 is 3.34. The Bertz CT molecular complexity index is 342. The number of aryl methyl sites for hydroxylation is 2. The predicted molar refractivity (Wildman–Crippen MR) is 66.6 cm³/mol. The molecule has 2 nitrogen and oxygen atoms in total. The maximum atomic E-state index is 11.9. The molecule has 0 saturated carbocycles. The van der Waals surface area contributed by atoms with Gasteiger partial charge in [-0.25, -0.2) is 0 Å². The van der Waals surface area contributed by atoms with E-state index in [1.54, 1.807) is 0 Å². The SMILES string of the molecule is Cc1cccc(C)c1C(=O)NC(C)CBr. The summed E-state index contributed by atoms with van der Waals surface area (Å²) in [5.74, 6) is 0.0116. The summed E-state index contributed by atoms with van der Waals surface area (Å²) in [5, 5.41) is 3.71. The fraction of sp³-hybridized carbons (Fsp3) is 0.417. The molecule has 1 unspecified atom stereocenters. The first-order valence-corrected chi connectivity index (χ1v) is 6.11. The third-order valence-corrected chi connectivity index (χ3v) is 3.29. The van der Waals surface area contributed by atoms with Gasteiger partial charge in [0.1, 0.15) is 0 Å². The zero-order chi connectivity index (χ0) is 11.4. The maximum Gasteiger partial charge on any atom is 0.252 e. The zero-order valence-corrected chi connectivity index (χ0v) is 10.9. The molecule has 0 aliphatic rings. The van der Waals surface area contributed by atoms with Crippen molar-refractivity contribution in [1.29, 1.82) is 0 Å². The molecule has 0 spiro atoms. The minimum absolute atomic E-state index is 0.0116. The van der Waals surface area contributed by atoms with E-state index in [2.05, 4.69) is 21.2 Å². The summed E-state index contributed by atoms with van der Waals surface area (Å²) < 4.78 is 0. The van der Waals surface area contributed by atoms with Crippen molar-refractivity contribution >= 4 is 21.8 Å². The van der Waals surface area contributed by atoms with E-state index in [1.807, 2.05) is 39.0 Å². The number of nitrogens with one attached hydrogen (secondary N) is 1. The van der Waals surface area contributed by atoms with Crippen LogP contribution in [0.5, 0.6) is 0 Å². The summed E-state index contributed by atoms with van der Waals surface area (Å²) in [4.78, 5) is 11.9. The van der Waals surface area contributed by atoms with Gasteiger partial charge in [0.2, 0.25) is 0 Å². The van der Waals surface area contributed by atoms with Gasteiger partial charge in [-0.05, 0) is 31.9 Å². The lowest BCUT2D eigenvalue weighted by molar-refractivity contribution is 0.0942. The van der Waals surface area contributed by atoms with E-state index in [0.29, 0.717) is 0 Å². The first kappa shape index (κ1) is 12.2. The van der Waals surface area contributed by atoms with Gasteiger partial charge in [0, 0.05) is 16.9 Å². The topological polar surface area (TPSA) is 29.1 Å². The molecule has 82 valence electrons. The van der Waals surface area contributed by atoms with Crippen LogP contribution in [0, 0.1) is 13.8 Å². The second-order valence-electron chi connectivity index (χ2n) is 3.80. The van der Waals surface area contributed by atoms with Gasteiger partial charge >= 0.3 is 0 Å².